The summed E-state index contributed by atoms with van der Waals surface area (Å²) in [5.74, 6) is 1.73. The Morgan fingerprint density at radius 3 is 2.32 bits per heavy atom. The van der Waals surface area contributed by atoms with Gasteiger partial charge in [0.25, 0.3) is 0 Å². The third-order valence-electron chi connectivity index (χ3n) is 3.39. The predicted octanol–water partition coefficient (Wildman–Crippen LogP) is 5.05. The van der Waals surface area contributed by atoms with Crippen LogP contribution in [0, 0.1) is 13.8 Å². The van der Waals surface area contributed by atoms with Gasteiger partial charge in [-0.2, -0.15) is 0 Å². The van der Waals surface area contributed by atoms with Crippen molar-refractivity contribution in [3.63, 3.8) is 0 Å². The topological polar surface area (TPSA) is 25.8 Å². The second-order valence-corrected chi connectivity index (χ2v) is 6.27. The van der Waals surface area contributed by atoms with Gasteiger partial charge in [0, 0.05) is 11.3 Å². The first-order valence-electron chi connectivity index (χ1n) is 7.30. The lowest BCUT2D eigenvalue weighted by Crippen LogP contribution is -1.94. The zero-order valence-electron chi connectivity index (χ0n) is 12.8. The number of aromatic nitrogens is 2. The Labute approximate surface area is 135 Å². The highest BCUT2D eigenvalue weighted by molar-refractivity contribution is 7.98. The van der Waals surface area contributed by atoms with Crippen LogP contribution < -0.4 is 0 Å². The molecule has 110 valence electrons. The highest BCUT2D eigenvalue weighted by Gasteiger charge is 2.05. The van der Waals surface area contributed by atoms with Gasteiger partial charge in [0.15, 0.2) is 0 Å². The predicted molar refractivity (Wildman–Crippen MR) is 92.9 cm³/mol. The summed E-state index contributed by atoms with van der Waals surface area (Å²) in [6.07, 6.45) is 0. The number of hydrogen-bond acceptors (Lipinski definition) is 3. The summed E-state index contributed by atoms with van der Waals surface area (Å²) in [5.41, 5.74) is 4.72. The van der Waals surface area contributed by atoms with Crippen molar-refractivity contribution in [3.05, 3.63) is 77.6 Å². The lowest BCUT2D eigenvalue weighted by Gasteiger charge is -2.06. The molecule has 0 atom stereocenters. The SMILES string of the molecule is Cc1ccc(CSc2cc(-c3ccccc3)nc(C)n2)cc1. The molecule has 1 heterocycles. The van der Waals surface area contributed by atoms with Gasteiger partial charge in [0.05, 0.1) is 5.69 Å². The first-order chi connectivity index (χ1) is 10.7. The van der Waals surface area contributed by atoms with Crippen LogP contribution in [0.1, 0.15) is 17.0 Å². The molecule has 3 heteroatoms. The molecule has 0 aliphatic carbocycles. The first kappa shape index (κ1) is 14.8. The van der Waals surface area contributed by atoms with Crippen molar-refractivity contribution in [2.24, 2.45) is 0 Å². The molecule has 0 radical (unpaired) electrons. The van der Waals surface area contributed by atoms with Crippen molar-refractivity contribution in [1.29, 1.82) is 0 Å². The average Bonchev–Trinajstić information content (AvgIpc) is 2.55. The third kappa shape index (κ3) is 3.74. The molecule has 0 N–H and O–H groups in total. The molecule has 0 saturated heterocycles. The molecule has 0 spiro atoms. The molecule has 0 aliphatic heterocycles. The zero-order valence-corrected chi connectivity index (χ0v) is 13.6. The number of hydrogen-bond donors (Lipinski definition) is 0. The van der Waals surface area contributed by atoms with Crippen LogP contribution in [0.25, 0.3) is 11.3 Å². The molecular weight excluding hydrogens is 288 g/mol. The molecule has 3 aromatic rings. The van der Waals surface area contributed by atoms with Gasteiger partial charge in [-0.15, -0.1) is 11.8 Å². The summed E-state index contributed by atoms with van der Waals surface area (Å²) in [6, 6.07) is 21.0. The van der Waals surface area contributed by atoms with Crippen LogP contribution >= 0.6 is 11.8 Å². The monoisotopic (exact) mass is 306 g/mol. The summed E-state index contributed by atoms with van der Waals surface area (Å²) in [7, 11) is 0. The van der Waals surface area contributed by atoms with Gasteiger partial charge in [-0.3, -0.25) is 0 Å². The van der Waals surface area contributed by atoms with Crippen LogP contribution in [-0.2, 0) is 5.75 Å². The average molecular weight is 306 g/mol. The fraction of sp³-hybridized carbons (Fsp3) is 0.158. The third-order valence-corrected chi connectivity index (χ3v) is 4.37. The van der Waals surface area contributed by atoms with E-state index in [0.29, 0.717) is 0 Å². The van der Waals surface area contributed by atoms with Gasteiger partial charge >= 0.3 is 0 Å². The molecule has 0 bridgehead atoms. The quantitative estimate of drug-likeness (QED) is 0.498. The molecule has 2 nitrogen and oxygen atoms in total. The van der Waals surface area contributed by atoms with Crippen molar-refractivity contribution >= 4 is 11.8 Å². The van der Waals surface area contributed by atoms with Crippen molar-refractivity contribution in [3.8, 4) is 11.3 Å². The summed E-state index contributed by atoms with van der Waals surface area (Å²) in [4.78, 5) is 9.09. The van der Waals surface area contributed by atoms with E-state index in [1.165, 1.54) is 11.1 Å². The Kier molecular flexibility index (Phi) is 4.54. The van der Waals surface area contributed by atoms with Crippen molar-refractivity contribution < 1.29 is 0 Å². The number of thioether (sulfide) groups is 1. The van der Waals surface area contributed by atoms with E-state index in [0.717, 1.165) is 27.9 Å². The standard InChI is InChI=1S/C19H18N2S/c1-14-8-10-16(11-9-14)13-22-19-12-18(20-15(2)21-19)17-6-4-3-5-7-17/h3-12H,13H2,1-2H3. The van der Waals surface area contributed by atoms with E-state index in [-0.39, 0.29) is 0 Å². The molecule has 0 aliphatic rings. The molecule has 0 saturated carbocycles. The van der Waals surface area contributed by atoms with E-state index >= 15 is 0 Å². The number of rotatable bonds is 4. The maximum absolute atomic E-state index is 4.55. The second-order valence-electron chi connectivity index (χ2n) is 5.28. The molecule has 22 heavy (non-hydrogen) atoms. The largest absolute Gasteiger partial charge is 0.233 e. The Hall–Kier alpha value is -2.13. The van der Waals surface area contributed by atoms with E-state index in [1.807, 2.05) is 25.1 Å². The number of aryl methyl sites for hydroxylation is 2. The van der Waals surface area contributed by atoms with Crippen LogP contribution in [0.2, 0.25) is 0 Å². The summed E-state index contributed by atoms with van der Waals surface area (Å²) in [6.45, 7) is 4.05. The Morgan fingerprint density at radius 2 is 1.59 bits per heavy atom. The number of benzene rings is 2. The van der Waals surface area contributed by atoms with Crippen LogP contribution in [0.15, 0.2) is 65.7 Å². The van der Waals surface area contributed by atoms with Gasteiger partial charge < -0.3 is 0 Å². The maximum Gasteiger partial charge on any atom is 0.127 e. The minimum absolute atomic E-state index is 0.813. The van der Waals surface area contributed by atoms with Gasteiger partial charge in [-0.05, 0) is 25.5 Å². The van der Waals surface area contributed by atoms with Crippen LogP contribution in [0.4, 0.5) is 0 Å². The van der Waals surface area contributed by atoms with Crippen molar-refractivity contribution in [1.82, 2.24) is 9.97 Å². The van der Waals surface area contributed by atoms with E-state index in [9.17, 15) is 0 Å². The fourth-order valence-electron chi connectivity index (χ4n) is 2.21. The molecule has 2 aromatic carbocycles. The smallest absolute Gasteiger partial charge is 0.127 e. The normalized spacial score (nSPS) is 10.6. The molecular formula is C19H18N2S. The van der Waals surface area contributed by atoms with Gasteiger partial charge in [0.2, 0.25) is 0 Å². The Morgan fingerprint density at radius 1 is 0.864 bits per heavy atom. The van der Waals surface area contributed by atoms with Crippen LogP contribution in [-0.4, -0.2) is 9.97 Å². The maximum atomic E-state index is 4.55. The summed E-state index contributed by atoms with van der Waals surface area (Å²) < 4.78 is 0. The summed E-state index contributed by atoms with van der Waals surface area (Å²) >= 11 is 1.75. The summed E-state index contributed by atoms with van der Waals surface area (Å²) in [5, 5.41) is 1.02. The highest BCUT2D eigenvalue weighted by Crippen LogP contribution is 2.25. The Balaban J connectivity index is 1.79. The minimum atomic E-state index is 0.813. The Bertz CT molecular complexity index is 752. The van der Waals surface area contributed by atoms with Crippen molar-refractivity contribution in [2.45, 2.75) is 24.6 Å². The first-order valence-corrected chi connectivity index (χ1v) is 8.29. The fourth-order valence-corrected chi connectivity index (χ4v) is 3.11. The highest BCUT2D eigenvalue weighted by atomic mass is 32.2. The molecule has 1 aromatic heterocycles. The molecule has 0 unspecified atom stereocenters. The molecule has 3 rings (SSSR count). The second kappa shape index (κ2) is 6.75. The molecule has 0 fully saturated rings. The van der Waals surface area contributed by atoms with Gasteiger partial charge in [-0.1, -0.05) is 60.2 Å². The van der Waals surface area contributed by atoms with E-state index in [2.05, 4.69) is 59.4 Å². The zero-order chi connectivity index (χ0) is 15.4. The minimum Gasteiger partial charge on any atom is -0.233 e. The van der Waals surface area contributed by atoms with Crippen LogP contribution in [0.3, 0.4) is 0 Å². The van der Waals surface area contributed by atoms with Crippen LogP contribution in [0.5, 0.6) is 0 Å². The lowest BCUT2D eigenvalue weighted by molar-refractivity contribution is 0.972. The number of nitrogens with zero attached hydrogens (tertiary/aromatic N) is 2. The van der Waals surface area contributed by atoms with Gasteiger partial charge in [0.1, 0.15) is 10.9 Å². The van der Waals surface area contributed by atoms with E-state index < -0.39 is 0 Å². The van der Waals surface area contributed by atoms with Gasteiger partial charge in [-0.25, -0.2) is 9.97 Å². The van der Waals surface area contributed by atoms with E-state index in [4.69, 9.17) is 0 Å². The van der Waals surface area contributed by atoms with Crippen molar-refractivity contribution in [2.75, 3.05) is 0 Å². The lowest BCUT2D eigenvalue weighted by atomic mass is 10.1. The van der Waals surface area contributed by atoms with E-state index in [1.54, 1.807) is 11.8 Å². The molecule has 0 amide bonds.